The van der Waals surface area contributed by atoms with Gasteiger partial charge in [0.1, 0.15) is 0 Å². The molecular formula is C18H28ClN. The van der Waals surface area contributed by atoms with E-state index >= 15 is 0 Å². The number of hydrogen-bond donors (Lipinski definition) is 1. The molecule has 0 saturated heterocycles. The lowest BCUT2D eigenvalue weighted by atomic mass is 9.98. The summed E-state index contributed by atoms with van der Waals surface area (Å²) < 4.78 is 0. The van der Waals surface area contributed by atoms with E-state index in [1.54, 1.807) is 0 Å². The van der Waals surface area contributed by atoms with Crippen molar-refractivity contribution in [3.8, 4) is 0 Å². The van der Waals surface area contributed by atoms with E-state index in [0.29, 0.717) is 6.04 Å². The van der Waals surface area contributed by atoms with Gasteiger partial charge in [0.2, 0.25) is 0 Å². The van der Waals surface area contributed by atoms with Crippen LogP contribution in [0.2, 0.25) is 5.02 Å². The molecule has 1 nitrogen and oxygen atoms in total. The zero-order valence-electron chi connectivity index (χ0n) is 12.9. The number of allylic oxidation sites excluding steroid dienone is 1. The maximum atomic E-state index is 6.41. The molecular weight excluding hydrogens is 266 g/mol. The summed E-state index contributed by atoms with van der Waals surface area (Å²) in [5, 5.41) is 4.53. The van der Waals surface area contributed by atoms with Crippen LogP contribution in [-0.2, 0) is 0 Å². The summed E-state index contributed by atoms with van der Waals surface area (Å²) >= 11 is 6.41. The summed E-state index contributed by atoms with van der Waals surface area (Å²) in [4.78, 5) is 0. The van der Waals surface area contributed by atoms with Gasteiger partial charge < -0.3 is 5.32 Å². The van der Waals surface area contributed by atoms with E-state index in [1.165, 1.54) is 30.4 Å². The van der Waals surface area contributed by atoms with Crippen molar-refractivity contribution in [2.75, 3.05) is 6.54 Å². The highest BCUT2D eigenvalue weighted by Crippen LogP contribution is 2.28. The first-order chi connectivity index (χ1) is 9.69. The molecule has 1 N–H and O–H groups in total. The van der Waals surface area contributed by atoms with Gasteiger partial charge in [-0.3, -0.25) is 0 Å². The third kappa shape index (κ3) is 6.11. The van der Waals surface area contributed by atoms with Gasteiger partial charge in [-0.2, -0.15) is 0 Å². The zero-order chi connectivity index (χ0) is 14.8. The Hall–Kier alpha value is -0.790. The van der Waals surface area contributed by atoms with E-state index < -0.39 is 0 Å². The van der Waals surface area contributed by atoms with E-state index in [1.807, 2.05) is 6.08 Å². The second-order valence-electron chi connectivity index (χ2n) is 5.46. The zero-order valence-corrected chi connectivity index (χ0v) is 13.7. The summed E-state index contributed by atoms with van der Waals surface area (Å²) in [6, 6.07) is 6.77. The Morgan fingerprint density at radius 3 is 2.75 bits per heavy atom. The summed E-state index contributed by atoms with van der Waals surface area (Å²) in [7, 11) is 0. The number of nitrogens with one attached hydrogen (secondary N) is 1. The normalized spacial score (nSPS) is 12.3. The van der Waals surface area contributed by atoms with Crippen molar-refractivity contribution in [1.82, 2.24) is 5.32 Å². The number of unbranched alkanes of at least 4 members (excludes halogenated alkanes) is 3. The number of hydrogen-bond acceptors (Lipinski definition) is 1. The molecule has 112 valence electrons. The molecule has 2 heteroatoms. The van der Waals surface area contributed by atoms with Crippen LogP contribution in [0.25, 0.3) is 0 Å². The van der Waals surface area contributed by atoms with Crippen molar-refractivity contribution < 1.29 is 0 Å². The fourth-order valence-corrected chi connectivity index (χ4v) is 2.78. The van der Waals surface area contributed by atoms with Crippen molar-refractivity contribution >= 4 is 11.6 Å². The minimum absolute atomic E-state index is 0.381. The molecule has 1 atom stereocenters. The minimum Gasteiger partial charge on any atom is -0.310 e. The monoisotopic (exact) mass is 293 g/mol. The molecule has 1 aromatic rings. The standard InChI is InChI=1S/C18H28ClN/c1-4-6-7-8-9-10-18(20-13-5-2)16-12-11-15(3)14-17(16)19/h4,11-12,14,18,20H,1,5-10,13H2,2-3H3. The van der Waals surface area contributed by atoms with Crippen LogP contribution >= 0.6 is 11.6 Å². The molecule has 1 unspecified atom stereocenters. The molecule has 0 aromatic heterocycles. The van der Waals surface area contributed by atoms with E-state index in [0.717, 1.165) is 30.8 Å². The first-order valence-electron chi connectivity index (χ1n) is 7.79. The van der Waals surface area contributed by atoms with Gasteiger partial charge in [-0.1, -0.05) is 49.6 Å². The Labute approximate surface area is 129 Å². The SMILES string of the molecule is C=CCCCCCC(NCCC)c1ccc(C)cc1Cl. The minimum atomic E-state index is 0.381. The fourth-order valence-electron chi connectivity index (χ4n) is 2.41. The van der Waals surface area contributed by atoms with Crippen LogP contribution in [0.15, 0.2) is 30.9 Å². The molecule has 0 spiro atoms. The quantitative estimate of drug-likeness (QED) is 0.423. The number of rotatable bonds is 10. The molecule has 0 saturated carbocycles. The Bertz CT molecular complexity index is 400. The Balaban J connectivity index is 2.60. The van der Waals surface area contributed by atoms with Crippen molar-refractivity contribution in [1.29, 1.82) is 0 Å². The Morgan fingerprint density at radius 1 is 1.30 bits per heavy atom. The van der Waals surface area contributed by atoms with Crippen molar-refractivity contribution in [3.05, 3.63) is 47.0 Å². The predicted octanol–water partition coefficient (Wildman–Crippen LogP) is 5.83. The summed E-state index contributed by atoms with van der Waals surface area (Å²) in [5.41, 5.74) is 2.47. The lowest BCUT2D eigenvalue weighted by molar-refractivity contribution is 0.472. The van der Waals surface area contributed by atoms with Gasteiger partial charge in [0, 0.05) is 11.1 Å². The van der Waals surface area contributed by atoms with Crippen molar-refractivity contribution in [2.45, 2.75) is 58.4 Å². The molecule has 0 radical (unpaired) electrons. The molecule has 0 heterocycles. The number of aryl methyl sites for hydroxylation is 1. The highest BCUT2D eigenvalue weighted by atomic mass is 35.5. The topological polar surface area (TPSA) is 12.0 Å². The molecule has 1 aromatic carbocycles. The van der Waals surface area contributed by atoms with Crippen LogP contribution in [0.3, 0.4) is 0 Å². The molecule has 0 aliphatic carbocycles. The Kier molecular flexibility index (Phi) is 8.64. The van der Waals surface area contributed by atoms with Crippen LogP contribution < -0.4 is 5.32 Å². The van der Waals surface area contributed by atoms with E-state index in [4.69, 9.17) is 11.6 Å². The molecule has 0 bridgehead atoms. The van der Waals surface area contributed by atoms with Gasteiger partial charge in [-0.25, -0.2) is 0 Å². The molecule has 20 heavy (non-hydrogen) atoms. The molecule has 0 aliphatic heterocycles. The summed E-state index contributed by atoms with van der Waals surface area (Å²) in [6.45, 7) is 9.10. The molecule has 0 amide bonds. The molecule has 0 aliphatic rings. The van der Waals surface area contributed by atoms with Crippen LogP contribution in [0.5, 0.6) is 0 Å². The van der Waals surface area contributed by atoms with Gasteiger partial charge >= 0.3 is 0 Å². The van der Waals surface area contributed by atoms with Crippen LogP contribution in [0.4, 0.5) is 0 Å². The van der Waals surface area contributed by atoms with E-state index in [2.05, 4.69) is 43.9 Å². The van der Waals surface area contributed by atoms with Gasteiger partial charge in [0.05, 0.1) is 0 Å². The van der Waals surface area contributed by atoms with Crippen LogP contribution in [-0.4, -0.2) is 6.54 Å². The summed E-state index contributed by atoms with van der Waals surface area (Å²) in [6.07, 6.45) is 9.17. The second kappa shape index (κ2) is 10.0. The maximum absolute atomic E-state index is 6.41. The number of benzene rings is 1. The molecule has 1 rings (SSSR count). The van der Waals surface area contributed by atoms with E-state index in [9.17, 15) is 0 Å². The van der Waals surface area contributed by atoms with Crippen LogP contribution in [0, 0.1) is 6.92 Å². The Morgan fingerprint density at radius 2 is 2.10 bits per heavy atom. The predicted molar refractivity (Wildman–Crippen MR) is 90.5 cm³/mol. The average molecular weight is 294 g/mol. The van der Waals surface area contributed by atoms with Gasteiger partial charge in [-0.05, 0) is 56.3 Å². The number of halogens is 1. The lowest BCUT2D eigenvalue weighted by Gasteiger charge is -2.20. The first-order valence-corrected chi connectivity index (χ1v) is 8.17. The molecule has 0 fully saturated rings. The smallest absolute Gasteiger partial charge is 0.0456 e. The van der Waals surface area contributed by atoms with Gasteiger partial charge in [0.25, 0.3) is 0 Å². The maximum Gasteiger partial charge on any atom is 0.0456 e. The highest BCUT2D eigenvalue weighted by Gasteiger charge is 2.13. The van der Waals surface area contributed by atoms with Crippen LogP contribution in [0.1, 0.15) is 62.6 Å². The fraction of sp³-hybridized carbons (Fsp3) is 0.556. The summed E-state index contributed by atoms with van der Waals surface area (Å²) in [5.74, 6) is 0. The van der Waals surface area contributed by atoms with Crippen molar-refractivity contribution in [3.63, 3.8) is 0 Å². The van der Waals surface area contributed by atoms with Gasteiger partial charge in [-0.15, -0.1) is 6.58 Å². The second-order valence-corrected chi connectivity index (χ2v) is 5.87. The third-order valence-corrected chi connectivity index (χ3v) is 3.90. The van der Waals surface area contributed by atoms with E-state index in [-0.39, 0.29) is 0 Å². The first kappa shape index (κ1) is 17.3. The lowest BCUT2D eigenvalue weighted by Crippen LogP contribution is -2.22. The van der Waals surface area contributed by atoms with Crippen molar-refractivity contribution in [2.24, 2.45) is 0 Å². The average Bonchev–Trinajstić information content (AvgIpc) is 2.43. The van der Waals surface area contributed by atoms with Gasteiger partial charge in [0.15, 0.2) is 0 Å². The third-order valence-electron chi connectivity index (χ3n) is 3.57. The largest absolute Gasteiger partial charge is 0.310 e. The highest BCUT2D eigenvalue weighted by molar-refractivity contribution is 6.31.